The molecule has 1 heterocycles. The van der Waals surface area contributed by atoms with Gasteiger partial charge in [-0.05, 0) is 29.4 Å². The van der Waals surface area contributed by atoms with Gasteiger partial charge in [-0.25, -0.2) is 0 Å². The topological polar surface area (TPSA) is 26.0 Å². The van der Waals surface area contributed by atoms with E-state index in [0.717, 1.165) is 0 Å². The van der Waals surface area contributed by atoms with E-state index in [1.807, 2.05) is 11.3 Å². The van der Waals surface area contributed by atoms with Crippen molar-refractivity contribution in [3.63, 3.8) is 0 Å². The van der Waals surface area contributed by atoms with E-state index in [9.17, 15) is 0 Å². The normalized spacial score (nSPS) is 16.5. The molecule has 92 valence electrons. The molecule has 0 amide bonds. The number of rotatable bonds is 3. The van der Waals surface area contributed by atoms with E-state index in [1.54, 1.807) is 0 Å². The maximum Gasteiger partial charge on any atom is 0.0418 e. The van der Waals surface area contributed by atoms with Crippen LogP contribution in [0, 0.1) is 11.8 Å². The third-order valence-corrected chi connectivity index (χ3v) is 4.92. The molecule has 0 spiro atoms. The highest BCUT2D eigenvalue weighted by atomic mass is 32.1. The predicted molar refractivity (Wildman–Crippen MR) is 73.9 cm³/mol. The van der Waals surface area contributed by atoms with Crippen molar-refractivity contribution in [2.45, 2.75) is 53.0 Å². The van der Waals surface area contributed by atoms with Crippen molar-refractivity contribution < 1.29 is 0 Å². The lowest BCUT2D eigenvalue weighted by atomic mass is 9.90. The molecule has 0 aliphatic rings. The van der Waals surface area contributed by atoms with Crippen molar-refractivity contribution in [2.75, 3.05) is 0 Å². The summed E-state index contributed by atoms with van der Waals surface area (Å²) in [5.74, 6) is 1.17. The van der Waals surface area contributed by atoms with E-state index < -0.39 is 0 Å². The highest BCUT2D eigenvalue weighted by molar-refractivity contribution is 7.12. The number of hydrogen-bond acceptors (Lipinski definition) is 2. The molecule has 0 radical (unpaired) electrons. The number of thiophene rings is 1. The summed E-state index contributed by atoms with van der Waals surface area (Å²) in [4.78, 5) is 2.75. The first kappa shape index (κ1) is 13.7. The lowest BCUT2D eigenvalue weighted by molar-refractivity contribution is 0.355. The van der Waals surface area contributed by atoms with Crippen LogP contribution in [0.15, 0.2) is 12.1 Å². The molecule has 0 aliphatic heterocycles. The molecular weight excluding hydrogens is 214 g/mol. The molecule has 1 aromatic heterocycles. The van der Waals surface area contributed by atoms with Crippen molar-refractivity contribution >= 4 is 11.3 Å². The average Bonchev–Trinajstić information content (AvgIpc) is 2.63. The Kier molecular flexibility index (Phi) is 4.19. The Balaban J connectivity index is 2.86. The quantitative estimate of drug-likeness (QED) is 0.834. The molecule has 2 N–H and O–H groups in total. The van der Waals surface area contributed by atoms with Crippen molar-refractivity contribution in [1.29, 1.82) is 0 Å². The van der Waals surface area contributed by atoms with Gasteiger partial charge >= 0.3 is 0 Å². The van der Waals surface area contributed by atoms with Gasteiger partial charge in [0.15, 0.2) is 0 Å². The van der Waals surface area contributed by atoms with Crippen molar-refractivity contribution in [3.8, 4) is 0 Å². The van der Waals surface area contributed by atoms with E-state index in [2.05, 4.69) is 53.7 Å². The van der Waals surface area contributed by atoms with E-state index in [4.69, 9.17) is 5.73 Å². The minimum absolute atomic E-state index is 0.182. The van der Waals surface area contributed by atoms with Crippen LogP contribution in [0.4, 0.5) is 0 Å². The first-order chi connectivity index (χ1) is 7.23. The summed E-state index contributed by atoms with van der Waals surface area (Å²) in [6.07, 6.45) is 0. The Labute approximate surface area is 104 Å². The van der Waals surface area contributed by atoms with Crippen molar-refractivity contribution in [2.24, 2.45) is 17.6 Å². The number of hydrogen-bond donors (Lipinski definition) is 1. The minimum atomic E-state index is 0.182. The molecule has 16 heavy (non-hydrogen) atoms. The molecule has 2 unspecified atom stereocenters. The highest BCUT2D eigenvalue weighted by Crippen LogP contribution is 2.35. The van der Waals surface area contributed by atoms with Crippen LogP contribution in [0.1, 0.15) is 57.3 Å². The molecule has 0 saturated heterocycles. The van der Waals surface area contributed by atoms with Crippen LogP contribution >= 0.6 is 11.3 Å². The molecule has 0 saturated carbocycles. The molecule has 1 nitrogen and oxygen atoms in total. The van der Waals surface area contributed by atoms with Crippen LogP contribution in [0.3, 0.4) is 0 Å². The van der Waals surface area contributed by atoms with Crippen LogP contribution in [0.5, 0.6) is 0 Å². The van der Waals surface area contributed by atoms with Gasteiger partial charge in [0.25, 0.3) is 0 Å². The van der Waals surface area contributed by atoms with Gasteiger partial charge < -0.3 is 5.73 Å². The van der Waals surface area contributed by atoms with Crippen LogP contribution in [0.2, 0.25) is 0 Å². The van der Waals surface area contributed by atoms with Gasteiger partial charge in [0.1, 0.15) is 0 Å². The Morgan fingerprint density at radius 2 is 1.69 bits per heavy atom. The fourth-order valence-electron chi connectivity index (χ4n) is 1.61. The molecule has 0 aromatic carbocycles. The van der Waals surface area contributed by atoms with Crippen molar-refractivity contribution in [1.82, 2.24) is 0 Å². The second-order valence-corrected chi connectivity index (χ2v) is 7.20. The minimum Gasteiger partial charge on any atom is -0.323 e. The van der Waals surface area contributed by atoms with Gasteiger partial charge in [-0.15, -0.1) is 11.3 Å². The Morgan fingerprint density at radius 3 is 2.06 bits per heavy atom. The third kappa shape index (κ3) is 3.08. The Bertz CT molecular complexity index is 333. The van der Waals surface area contributed by atoms with E-state index in [-0.39, 0.29) is 11.5 Å². The third-order valence-electron chi connectivity index (χ3n) is 3.31. The smallest absolute Gasteiger partial charge is 0.0418 e. The van der Waals surface area contributed by atoms with E-state index in [0.29, 0.717) is 11.8 Å². The highest BCUT2D eigenvalue weighted by Gasteiger charge is 2.22. The summed E-state index contributed by atoms with van der Waals surface area (Å²) >= 11 is 1.87. The maximum atomic E-state index is 6.31. The fourth-order valence-corrected chi connectivity index (χ4v) is 2.79. The average molecular weight is 239 g/mol. The predicted octanol–water partition coefficient (Wildman–Crippen LogP) is 4.34. The Morgan fingerprint density at radius 1 is 1.12 bits per heavy atom. The van der Waals surface area contributed by atoms with Gasteiger partial charge in [-0.2, -0.15) is 0 Å². The first-order valence-corrected chi connectivity index (χ1v) is 6.91. The largest absolute Gasteiger partial charge is 0.323 e. The van der Waals surface area contributed by atoms with Crippen LogP contribution < -0.4 is 5.73 Å². The van der Waals surface area contributed by atoms with Gasteiger partial charge in [-0.1, -0.05) is 41.5 Å². The summed E-state index contributed by atoms with van der Waals surface area (Å²) in [7, 11) is 0. The van der Waals surface area contributed by atoms with Crippen LogP contribution in [-0.2, 0) is 5.41 Å². The fraction of sp³-hybridized carbons (Fsp3) is 0.714. The first-order valence-electron chi connectivity index (χ1n) is 6.09. The molecule has 2 heteroatoms. The van der Waals surface area contributed by atoms with Gasteiger partial charge in [0, 0.05) is 15.8 Å². The molecule has 0 bridgehead atoms. The van der Waals surface area contributed by atoms with E-state index in [1.165, 1.54) is 9.75 Å². The molecule has 0 fully saturated rings. The van der Waals surface area contributed by atoms with Crippen LogP contribution in [0.25, 0.3) is 0 Å². The van der Waals surface area contributed by atoms with Gasteiger partial charge in [0.05, 0.1) is 0 Å². The summed E-state index contributed by atoms with van der Waals surface area (Å²) in [5, 5.41) is 0. The van der Waals surface area contributed by atoms with Gasteiger partial charge in [0.2, 0.25) is 0 Å². The zero-order chi connectivity index (χ0) is 12.5. The summed E-state index contributed by atoms with van der Waals surface area (Å²) < 4.78 is 0. The second kappa shape index (κ2) is 4.89. The molecule has 2 atom stereocenters. The molecule has 1 aromatic rings. The monoisotopic (exact) mass is 239 g/mol. The SMILES string of the molecule is CC(C)C(C)C(N)c1ccc(C(C)(C)C)s1. The Hall–Kier alpha value is -0.340. The van der Waals surface area contributed by atoms with Gasteiger partial charge in [-0.3, -0.25) is 0 Å². The second-order valence-electron chi connectivity index (χ2n) is 6.08. The lowest BCUT2D eigenvalue weighted by Gasteiger charge is -2.22. The summed E-state index contributed by atoms with van der Waals surface area (Å²) in [5.41, 5.74) is 6.55. The van der Waals surface area contributed by atoms with E-state index >= 15 is 0 Å². The zero-order valence-electron chi connectivity index (χ0n) is 11.4. The molecular formula is C14H25NS. The lowest BCUT2D eigenvalue weighted by Crippen LogP contribution is -2.22. The van der Waals surface area contributed by atoms with Crippen molar-refractivity contribution in [3.05, 3.63) is 21.9 Å². The summed E-state index contributed by atoms with van der Waals surface area (Å²) in [6, 6.07) is 4.61. The summed E-state index contributed by atoms with van der Waals surface area (Å²) in [6.45, 7) is 13.5. The molecule has 1 rings (SSSR count). The molecule has 0 aliphatic carbocycles. The maximum absolute atomic E-state index is 6.31. The number of nitrogens with two attached hydrogens (primary N) is 1. The zero-order valence-corrected chi connectivity index (χ0v) is 12.2. The van der Waals surface area contributed by atoms with Crippen LogP contribution in [-0.4, -0.2) is 0 Å². The standard InChI is InChI=1S/C14H25NS/c1-9(2)10(3)13(15)11-7-8-12(16-11)14(4,5)6/h7-10,13H,15H2,1-6H3.